The second kappa shape index (κ2) is 9.88. The summed E-state index contributed by atoms with van der Waals surface area (Å²) in [6.07, 6.45) is 7.73. The number of alkyl halides is 3. The standard InChI is InChI=1S/C29H33F3N2O2S/c30-29(31,32)20-8-11-24-23(17-20)27-22(26(33-24)19-5-2-1-3-6-19)10-9-21(36-27)18-34-14-12-28(35,13-15-34)25-7-4-16-37-25/h1-5,7-8,11,16-17,19,21-22,26-27,33,35H,6,9-10,12-15,18H2/t19?,21-,22+,26+,27+/m1/s1. The van der Waals surface area contributed by atoms with E-state index in [1.54, 1.807) is 17.4 Å². The number of rotatable bonds is 4. The zero-order valence-electron chi connectivity index (χ0n) is 20.7. The molecule has 198 valence electrons. The number of benzene rings is 1. The van der Waals surface area contributed by atoms with E-state index in [2.05, 4.69) is 28.4 Å². The summed E-state index contributed by atoms with van der Waals surface area (Å²) in [6.45, 7) is 2.29. The molecule has 2 fully saturated rings. The summed E-state index contributed by atoms with van der Waals surface area (Å²) in [5.74, 6) is 0.392. The molecule has 1 unspecified atom stereocenters. The van der Waals surface area contributed by atoms with Crippen molar-refractivity contribution in [1.82, 2.24) is 4.90 Å². The smallest absolute Gasteiger partial charge is 0.384 e. The van der Waals surface area contributed by atoms with E-state index in [0.29, 0.717) is 18.4 Å². The molecule has 0 radical (unpaired) electrons. The molecule has 1 aromatic heterocycles. The van der Waals surface area contributed by atoms with Gasteiger partial charge in [-0.05, 0) is 61.7 Å². The fraction of sp³-hybridized carbons (Fsp3) is 0.517. The van der Waals surface area contributed by atoms with E-state index < -0.39 is 17.3 Å². The van der Waals surface area contributed by atoms with Gasteiger partial charge in [0.2, 0.25) is 0 Å². The summed E-state index contributed by atoms with van der Waals surface area (Å²) >= 11 is 1.60. The Morgan fingerprint density at radius 2 is 1.97 bits per heavy atom. The topological polar surface area (TPSA) is 44.7 Å². The minimum Gasteiger partial charge on any atom is -0.384 e. The molecule has 2 saturated heterocycles. The molecule has 0 amide bonds. The Morgan fingerprint density at radius 3 is 2.68 bits per heavy atom. The number of allylic oxidation sites excluding steroid dienone is 3. The molecule has 0 saturated carbocycles. The van der Waals surface area contributed by atoms with Crippen molar-refractivity contribution >= 4 is 17.0 Å². The maximum Gasteiger partial charge on any atom is 0.416 e. The van der Waals surface area contributed by atoms with Crippen LogP contribution in [-0.4, -0.2) is 41.8 Å². The van der Waals surface area contributed by atoms with E-state index in [1.807, 2.05) is 23.6 Å². The van der Waals surface area contributed by atoms with E-state index in [1.165, 1.54) is 12.1 Å². The zero-order valence-corrected chi connectivity index (χ0v) is 21.5. The molecule has 2 N–H and O–H groups in total. The average Bonchev–Trinajstić information content (AvgIpc) is 3.46. The zero-order chi connectivity index (χ0) is 25.6. The Bertz CT molecular complexity index is 1150. The highest BCUT2D eigenvalue weighted by Crippen LogP contribution is 2.49. The average molecular weight is 531 g/mol. The number of nitrogens with one attached hydrogen (secondary N) is 1. The molecular formula is C29H33F3N2O2S. The lowest BCUT2D eigenvalue weighted by atomic mass is 9.73. The fourth-order valence-corrected chi connectivity index (χ4v) is 7.46. The molecule has 8 heteroatoms. The molecule has 2 aromatic rings. The molecule has 1 aliphatic carbocycles. The van der Waals surface area contributed by atoms with Crippen LogP contribution in [0.25, 0.3) is 0 Å². The molecular weight excluding hydrogens is 497 g/mol. The van der Waals surface area contributed by atoms with Crippen LogP contribution in [0.2, 0.25) is 0 Å². The van der Waals surface area contributed by atoms with Gasteiger partial charge in [0.1, 0.15) is 5.60 Å². The third-order valence-corrected chi connectivity index (χ3v) is 9.68. The highest BCUT2D eigenvalue weighted by atomic mass is 32.1. The minimum atomic E-state index is -4.39. The summed E-state index contributed by atoms with van der Waals surface area (Å²) in [4.78, 5) is 3.36. The van der Waals surface area contributed by atoms with Crippen LogP contribution in [0.5, 0.6) is 0 Å². The number of likely N-dealkylation sites (tertiary alicyclic amines) is 1. The fourth-order valence-electron chi connectivity index (χ4n) is 6.58. The van der Waals surface area contributed by atoms with Crippen molar-refractivity contribution in [3.05, 3.63) is 76.0 Å². The summed E-state index contributed by atoms with van der Waals surface area (Å²) in [7, 11) is 0. The first-order chi connectivity index (χ1) is 17.8. The second-order valence-corrected chi connectivity index (χ2v) is 11.9. The number of hydrogen-bond donors (Lipinski definition) is 2. The highest BCUT2D eigenvalue weighted by molar-refractivity contribution is 7.10. The number of fused-ring (bicyclic) bond motifs is 3. The highest BCUT2D eigenvalue weighted by Gasteiger charge is 2.45. The molecule has 1 aromatic carbocycles. The van der Waals surface area contributed by atoms with Crippen LogP contribution in [0.15, 0.2) is 60.0 Å². The van der Waals surface area contributed by atoms with Crippen LogP contribution < -0.4 is 5.32 Å². The van der Waals surface area contributed by atoms with Crippen molar-refractivity contribution in [1.29, 1.82) is 0 Å². The van der Waals surface area contributed by atoms with Crippen LogP contribution >= 0.6 is 11.3 Å². The Labute approximate surface area is 219 Å². The Morgan fingerprint density at radius 1 is 1.14 bits per heavy atom. The molecule has 0 bridgehead atoms. The van der Waals surface area contributed by atoms with Crippen LogP contribution in [0.4, 0.5) is 18.9 Å². The van der Waals surface area contributed by atoms with Gasteiger partial charge >= 0.3 is 6.18 Å². The number of aliphatic hydroxyl groups is 1. The minimum absolute atomic E-state index is 0.0443. The molecule has 6 rings (SSSR count). The van der Waals surface area contributed by atoms with E-state index in [9.17, 15) is 18.3 Å². The maximum atomic E-state index is 13.6. The van der Waals surface area contributed by atoms with Crippen LogP contribution in [0.1, 0.15) is 54.2 Å². The Hall–Kier alpha value is -2.13. The Kier molecular flexibility index (Phi) is 6.72. The van der Waals surface area contributed by atoms with Gasteiger partial charge in [0.25, 0.3) is 0 Å². The molecule has 4 aliphatic rings. The molecule has 4 nitrogen and oxygen atoms in total. The maximum absolute atomic E-state index is 13.6. The number of anilines is 1. The predicted molar refractivity (Wildman–Crippen MR) is 139 cm³/mol. The van der Waals surface area contributed by atoms with Gasteiger partial charge < -0.3 is 20.1 Å². The first-order valence-corrected chi connectivity index (χ1v) is 14.1. The SMILES string of the molecule is OC1(c2cccs2)CCN(C[C@H]2CC[C@@H]3[C@H](O2)c2cc(C(F)(F)F)ccc2N[C@H]3C2C=CC=CC2)CC1. The van der Waals surface area contributed by atoms with Crippen molar-refractivity contribution < 1.29 is 23.0 Å². The number of thiophene rings is 1. The van der Waals surface area contributed by atoms with Crippen LogP contribution in [0, 0.1) is 11.8 Å². The normalized spacial score (nSPS) is 31.4. The predicted octanol–water partition coefficient (Wildman–Crippen LogP) is 6.51. The largest absolute Gasteiger partial charge is 0.416 e. The lowest BCUT2D eigenvalue weighted by Gasteiger charge is -2.48. The van der Waals surface area contributed by atoms with Gasteiger partial charge in [-0.2, -0.15) is 13.2 Å². The summed E-state index contributed by atoms with van der Waals surface area (Å²) in [6, 6.07) is 8.13. The number of nitrogens with zero attached hydrogens (tertiary/aromatic N) is 1. The lowest BCUT2D eigenvalue weighted by Crippen LogP contribution is -2.50. The summed E-state index contributed by atoms with van der Waals surface area (Å²) < 4.78 is 47.5. The third kappa shape index (κ3) is 5.01. The molecule has 5 atom stereocenters. The van der Waals surface area contributed by atoms with Gasteiger partial charge in [0, 0.05) is 53.6 Å². The van der Waals surface area contributed by atoms with Gasteiger partial charge in [-0.3, -0.25) is 0 Å². The number of ether oxygens (including phenoxy) is 1. The number of piperidine rings is 1. The van der Waals surface area contributed by atoms with Gasteiger partial charge in [0.15, 0.2) is 0 Å². The van der Waals surface area contributed by atoms with Gasteiger partial charge in [-0.15, -0.1) is 11.3 Å². The summed E-state index contributed by atoms with van der Waals surface area (Å²) in [5.41, 5.74) is -0.00983. The first kappa shape index (κ1) is 25.2. The number of halogens is 3. The van der Waals surface area contributed by atoms with Crippen molar-refractivity contribution in [3.8, 4) is 0 Å². The van der Waals surface area contributed by atoms with E-state index in [4.69, 9.17) is 4.74 Å². The van der Waals surface area contributed by atoms with Crippen molar-refractivity contribution in [2.45, 2.75) is 62.1 Å². The molecule has 37 heavy (non-hydrogen) atoms. The van der Waals surface area contributed by atoms with Crippen molar-refractivity contribution in [2.24, 2.45) is 11.8 Å². The summed E-state index contributed by atoms with van der Waals surface area (Å²) in [5, 5.41) is 16.7. The Balaban J connectivity index is 1.20. The van der Waals surface area contributed by atoms with Gasteiger partial charge in [0.05, 0.1) is 17.8 Å². The van der Waals surface area contributed by atoms with Gasteiger partial charge in [-0.25, -0.2) is 0 Å². The van der Waals surface area contributed by atoms with E-state index in [0.717, 1.165) is 49.5 Å². The van der Waals surface area contributed by atoms with E-state index >= 15 is 0 Å². The molecule has 4 heterocycles. The molecule has 0 spiro atoms. The monoisotopic (exact) mass is 530 g/mol. The van der Waals surface area contributed by atoms with Crippen LogP contribution in [0.3, 0.4) is 0 Å². The lowest BCUT2D eigenvalue weighted by molar-refractivity contribution is -0.138. The van der Waals surface area contributed by atoms with E-state index in [-0.39, 0.29) is 30.1 Å². The van der Waals surface area contributed by atoms with Crippen molar-refractivity contribution in [2.75, 3.05) is 25.0 Å². The third-order valence-electron chi connectivity index (χ3n) is 8.62. The van der Waals surface area contributed by atoms with Crippen molar-refractivity contribution in [3.63, 3.8) is 0 Å². The van der Waals surface area contributed by atoms with Gasteiger partial charge in [-0.1, -0.05) is 30.4 Å². The quantitative estimate of drug-likeness (QED) is 0.473. The number of hydrogen-bond acceptors (Lipinski definition) is 5. The first-order valence-electron chi connectivity index (χ1n) is 13.3. The molecule has 3 aliphatic heterocycles. The van der Waals surface area contributed by atoms with Crippen LogP contribution in [-0.2, 0) is 16.5 Å². The second-order valence-electron chi connectivity index (χ2n) is 10.9.